The zero-order chi connectivity index (χ0) is 11.8. The molecule has 0 saturated heterocycles. The molecule has 88 valence electrons. The predicted octanol–water partition coefficient (Wildman–Crippen LogP) is 1.85. The molecule has 0 aliphatic rings. The largest absolute Gasteiger partial charge is 0.419 e. The second-order valence-electron chi connectivity index (χ2n) is 3.14. The van der Waals surface area contributed by atoms with Crippen LogP contribution in [0.2, 0.25) is 0 Å². The van der Waals surface area contributed by atoms with Crippen molar-refractivity contribution >= 4 is 18.1 Å². The molecule has 0 aliphatic heterocycles. The van der Waals surface area contributed by atoms with Crippen LogP contribution in [0.3, 0.4) is 0 Å². The fourth-order valence-corrected chi connectivity index (χ4v) is 1.46. The highest BCUT2D eigenvalue weighted by Crippen LogP contribution is 2.16. The van der Waals surface area contributed by atoms with Crippen molar-refractivity contribution < 1.29 is 13.7 Å². The number of hydrogen-bond donors (Lipinski definition) is 1. The van der Waals surface area contributed by atoms with Gasteiger partial charge in [-0.2, -0.15) is 0 Å². The first-order valence-corrected chi connectivity index (χ1v) is 5.50. The number of nitrogens with one attached hydrogen (secondary N) is 1. The smallest absolute Gasteiger partial charge is 0.383 e. The van der Waals surface area contributed by atoms with Crippen molar-refractivity contribution in [2.75, 3.05) is 13.7 Å². The van der Waals surface area contributed by atoms with Crippen LogP contribution in [0.25, 0.3) is 0 Å². The summed E-state index contributed by atoms with van der Waals surface area (Å²) in [7, 11) is 1.58. The van der Waals surface area contributed by atoms with Crippen LogP contribution in [0, 0.1) is 0 Å². The van der Waals surface area contributed by atoms with Gasteiger partial charge in [-0.1, -0.05) is 0 Å². The van der Waals surface area contributed by atoms with Crippen LogP contribution >= 0.6 is 12.0 Å². The normalized spacial score (nSPS) is 11.9. The molecule has 1 aromatic rings. The van der Waals surface area contributed by atoms with E-state index in [-0.39, 0.29) is 6.04 Å². The summed E-state index contributed by atoms with van der Waals surface area (Å²) in [5.41, 5.74) is 0. The molecule has 1 atom stereocenters. The lowest BCUT2D eigenvalue weighted by Gasteiger charge is -2.11. The molecular formula is C10H14N2O3S. The molecule has 1 amide bonds. The van der Waals surface area contributed by atoms with Gasteiger partial charge in [0.25, 0.3) is 0 Å². The Kier molecular flexibility index (Phi) is 5.66. The minimum Gasteiger partial charge on any atom is -0.383 e. The van der Waals surface area contributed by atoms with E-state index in [4.69, 9.17) is 8.92 Å². The van der Waals surface area contributed by atoms with E-state index in [0.29, 0.717) is 6.61 Å². The van der Waals surface area contributed by atoms with Crippen LogP contribution < -0.4 is 5.32 Å². The van der Waals surface area contributed by atoms with E-state index >= 15 is 0 Å². The van der Waals surface area contributed by atoms with Gasteiger partial charge < -0.3 is 14.2 Å². The van der Waals surface area contributed by atoms with Crippen molar-refractivity contribution in [3.63, 3.8) is 0 Å². The summed E-state index contributed by atoms with van der Waals surface area (Å²) >= 11 is 0.973. The standard InChI is InChI=1S/C10H14N2O3S/c1-8(7-14-2)12-10(13)15-16-9-4-3-5-11-6-9/h3-6,8H,7H2,1-2H3,(H,12,13). The Bertz CT molecular complexity index is 321. The Morgan fingerprint density at radius 3 is 3.12 bits per heavy atom. The van der Waals surface area contributed by atoms with Crippen LogP contribution in [0.4, 0.5) is 4.79 Å². The van der Waals surface area contributed by atoms with Crippen molar-refractivity contribution in [2.45, 2.75) is 17.9 Å². The number of methoxy groups -OCH3 is 1. The van der Waals surface area contributed by atoms with Gasteiger partial charge in [0.1, 0.15) is 0 Å². The number of aromatic nitrogens is 1. The number of nitrogens with zero attached hydrogens (tertiary/aromatic N) is 1. The maximum atomic E-state index is 11.3. The molecule has 0 aromatic carbocycles. The number of rotatable bonds is 5. The summed E-state index contributed by atoms with van der Waals surface area (Å²) in [4.78, 5) is 15.9. The van der Waals surface area contributed by atoms with Crippen LogP contribution in [0.1, 0.15) is 6.92 Å². The lowest BCUT2D eigenvalue weighted by Crippen LogP contribution is -2.35. The Labute approximate surface area is 98.7 Å². The number of carbonyl (C=O) groups excluding carboxylic acids is 1. The van der Waals surface area contributed by atoms with Crippen LogP contribution in [-0.4, -0.2) is 30.8 Å². The van der Waals surface area contributed by atoms with E-state index in [0.717, 1.165) is 16.9 Å². The van der Waals surface area contributed by atoms with Gasteiger partial charge in [0, 0.05) is 19.5 Å². The van der Waals surface area contributed by atoms with E-state index in [1.54, 1.807) is 25.6 Å². The molecule has 5 nitrogen and oxygen atoms in total. The first kappa shape index (κ1) is 12.8. The van der Waals surface area contributed by atoms with Crippen LogP contribution in [-0.2, 0) is 8.92 Å². The molecule has 1 heterocycles. The predicted molar refractivity (Wildman–Crippen MR) is 61.0 cm³/mol. The molecular weight excluding hydrogens is 228 g/mol. The van der Waals surface area contributed by atoms with Crippen LogP contribution in [0.5, 0.6) is 0 Å². The van der Waals surface area contributed by atoms with Crippen LogP contribution in [0.15, 0.2) is 29.4 Å². The molecule has 0 aliphatic carbocycles. The molecule has 0 fully saturated rings. The first-order chi connectivity index (χ1) is 7.72. The minimum atomic E-state index is -0.488. The van der Waals surface area contributed by atoms with E-state index in [2.05, 4.69) is 10.3 Å². The van der Waals surface area contributed by atoms with Gasteiger partial charge >= 0.3 is 6.09 Å². The van der Waals surface area contributed by atoms with E-state index in [9.17, 15) is 4.79 Å². The third-order valence-corrected chi connectivity index (χ3v) is 2.30. The quantitative estimate of drug-likeness (QED) is 0.798. The molecule has 6 heteroatoms. The number of carbonyl (C=O) groups is 1. The fraction of sp³-hybridized carbons (Fsp3) is 0.400. The minimum absolute atomic E-state index is 0.0769. The lowest BCUT2D eigenvalue weighted by molar-refractivity contribution is 0.162. The highest BCUT2D eigenvalue weighted by atomic mass is 32.2. The third kappa shape index (κ3) is 4.99. The highest BCUT2D eigenvalue weighted by molar-refractivity contribution is 7.95. The summed E-state index contributed by atoms with van der Waals surface area (Å²) in [5, 5.41) is 2.62. The summed E-state index contributed by atoms with van der Waals surface area (Å²) in [6, 6.07) is 3.51. The average molecular weight is 242 g/mol. The average Bonchev–Trinajstić information content (AvgIpc) is 2.28. The Morgan fingerprint density at radius 2 is 2.50 bits per heavy atom. The molecule has 1 aromatic heterocycles. The van der Waals surface area contributed by atoms with Crippen molar-refractivity contribution in [1.29, 1.82) is 0 Å². The van der Waals surface area contributed by atoms with Gasteiger partial charge in [-0.25, -0.2) is 4.79 Å². The first-order valence-electron chi connectivity index (χ1n) is 4.76. The highest BCUT2D eigenvalue weighted by Gasteiger charge is 2.08. The van der Waals surface area contributed by atoms with Gasteiger partial charge in [-0.3, -0.25) is 4.98 Å². The molecule has 1 N–H and O–H groups in total. The lowest BCUT2D eigenvalue weighted by atomic mass is 10.4. The summed E-state index contributed by atoms with van der Waals surface area (Å²) in [6.45, 7) is 2.28. The van der Waals surface area contributed by atoms with E-state index in [1.165, 1.54) is 0 Å². The topological polar surface area (TPSA) is 60.5 Å². The monoisotopic (exact) mass is 242 g/mol. The summed E-state index contributed by atoms with van der Waals surface area (Å²) < 4.78 is 9.80. The molecule has 0 radical (unpaired) electrons. The second kappa shape index (κ2) is 7.08. The van der Waals surface area contributed by atoms with Gasteiger partial charge in [0.2, 0.25) is 0 Å². The number of amides is 1. The summed E-state index contributed by atoms with van der Waals surface area (Å²) in [6.07, 6.45) is 2.79. The van der Waals surface area contributed by atoms with Gasteiger partial charge in [-0.15, -0.1) is 0 Å². The van der Waals surface area contributed by atoms with E-state index in [1.807, 2.05) is 13.0 Å². The fourth-order valence-electron chi connectivity index (χ4n) is 0.999. The number of pyridine rings is 1. The molecule has 0 saturated carbocycles. The molecule has 0 bridgehead atoms. The molecule has 0 spiro atoms. The van der Waals surface area contributed by atoms with Gasteiger partial charge in [0.15, 0.2) is 0 Å². The molecule has 1 rings (SSSR count). The molecule has 1 unspecified atom stereocenters. The molecule has 16 heavy (non-hydrogen) atoms. The zero-order valence-corrected chi connectivity index (χ0v) is 9.99. The van der Waals surface area contributed by atoms with E-state index < -0.39 is 6.09 Å². The maximum absolute atomic E-state index is 11.3. The van der Waals surface area contributed by atoms with Gasteiger partial charge in [-0.05, 0) is 19.1 Å². The number of hydrogen-bond acceptors (Lipinski definition) is 5. The van der Waals surface area contributed by atoms with Gasteiger partial charge in [0.05, 0.1) is 29.6 Å². The Balaban J connectivity index is 2.25. The van der Waals surface area contributed by atoms with Crippen molar-refractivity contribution in [1.82, 2.24) is 10.3 Å². The third-order valence-electron chi connectivity index (χ3n) is 1.63. The summed E-state index contributed by atoms with van der Waals surface area (Å²) in [5.74, 6) is 0. The maximum Gasteiger partial charge on any atom is 0.419 e. The Hall–Kier alpha value is -1.27. The second-order valence-corrected chi connectivity index (χ2v) is 3.95. The zero-order valence-electron chi connectivity index (χ0n) is 9.17. The van der Waals surface area contributed by atoms with Crippen molar-refractivity contribution in [3.05, 3.63) is 24.5 Å². The van der Waals surface area contributed by atoms with Crippen molar-refractivity contribution in [3.8, 4) is 0 Å². The SMILES string of the molecule is COCC(C)NC(=O)OSc1cccnc1. The Morgan fingerprint density at radius 1 is 1.69 bits per heavy atom. The van der Waals surface area contributed by atoms with Crippen molar-refractivity contribution in [2.24, 2.45) is 0 Å². The number of ether oxygens (including phenoxy) is 1.